The Morgan fingerprint density at radius 3 is 2.16 bits per heavy atom. The molecule has 3 N–H and O–H groups in total. The van der Waals surface area contributed by atoms with Gasteiger partial charge in [-0.2, -0.15) is 0 Å². The summed E-state index contributed by atoms with van der Waals surface area (Å²) in [5.41, 5.74) is 0.515. The van der Waals surface area contributed by atoms with Crippen LogP contribution < -0.4 is 15.4 Å². The quantitative estimate of drug-likeness (QED) is 0.332. The molecular formula is C22H34N4O4S. The zero-order valence-corrected chi connectivity index (χ0v) is 19.3. The number of hydrogen-bond donors (Lipinski definition) is 3. The number of carbonyl (C=O) groups is 1. The molecule has 9 heteroatoms. The maximum absolute atomic E-state index is 12.4. The van der Waals surface area contributed by atoms with Crippen LogP contribution in [0.5, 0.6) is 0 Å². The molecule has 0 saturated carbocycles. The highest BCUT2D eigenvalue weighted by molar-refractivity contribution is 7.92. The Balaban J connectivity index is 1.65. The third-order valence-electron chi connectivity index (χ3n) is 4.86. The molecule has 0 aliphatic carbocycles. The Hall–Kier alpha value is -2.55. The highest BCUT2D eigenvalue weighted by Gasteiger charge is 2.16. The van der Waals surface area contributed by atoms with Gasteiger partial charge < -0.3 is 15.2 Å². The average molecular weight is 451 g/mol. The zero-order valence-electron chi connectivity index (χ0n) is 18.4. The predicted octanol–water partition coefficient (Wildman–Crippen LogP) is 5.44. The van der Waals surface area contributed by atoms with Crippen molar-refractivity contribution in [1.82, 2.24) is 10.5 Å². The van der Waals surface area contributed by atoms with Crippen LogP contribution in [0.15, 0.2) is 39.8 Å². The molecule has 31 heavy (non-hydrogen) atoms. The first-order valence-corrected chi connectivity index (χ1v) is 12.5. The Kier molecular flexibility index (Phi) is 10.4. The lowest BCUT2D eigenvalue weighted by Crippen LogP contribution is -2.29. The summed E-state index contributed by atoms with van der Waals surface area (Å²) in [7, 11) is -3.78. The third-order valence-corrected chi connectivity index (χ3v) is 6.23. The van der Waals surface area contributed by atoms with Gasteiger partial charge >= 0.3 is 6.03 Å². The van der Waals surface area contributed by atoms with Gasteiger partial charge in [0.2, 0.25) is 0 Å². The van der Waals surface area contributed by atoms with Crippen LogP contribution in [0.4, 0.5) is 16.3 Å². The van der Waals surface area contributed by atoms with Crippen molar-refractivity contribution in [2.24, 2.45) is 0 Å². The number of amides is 2. The Bertz CT molecular complexity index is 894. The molecule has 172 valence electrons. The van der Waals surface area contributed by atoms with Crippen molar-refractivity contribution in [3.8, 4) is 0 Å². The number of unbranched alkanes of at least 4 members (excludes halogenated alkanes) is 8. The number of sulfonamides is 1. The molecule has 1 aromatic carbocycles. The number of aromatic nitrogens is 1. The molecular weight excluding hydrogens is 416 g/mol. The van der Waals surface area contributed by atoms with Gasteiger partial charge in [-0.15, -0.1) is 0 Å². The largest absolute Gasteiger partial charge is 0.360 e. The number of urea groups is 1. The summed E-state index contributed by atoms with van der Waals surface area (Å²) in [5.74, 6) is 0.626. The van der Waals surface area contributed by atoms with Crippen LogP contribution in [0, 0.1) is 6.92 Å². The number of benzene rings is 1. The van der Waals surface area contributed by atoms with Gasteiger partial charge in [-0.3, -0.25) is 4.72 Å². The van der Waals surface area contributed by atoms with E-state index >= 15 is 0 Å². The normalized spacial score (nSPS) is 11.3. The minimum absolute atomic E-state index is 0.0637. The van der Waals surface area contributed by atoms with Crippen LogP contribution in [-0.4, -0.2) is 26.2 Å². The number of rotatable bonds is 14. The number of aryl methyl sites for hydroxylation is 1. The highest BCUT2D eigenvalue weighted by atomic mass is 32.2. The first-order valence-electron chi connectivity index (χ1n) is 11.0. The van der Waals surface area contributed by atoms with E-state index < -0.39 is 10.0 Å². The molecule has 2 rings (SSSR count). The smallest absolute Gasteiger partial charge is 0.319 e. The van der Waals surface area contributed by atoms with Crippen molar-refractivity contribution < 1.29 is 17.7 Å². The van der Waals surface area contributed by atoms with Gasteiger partial charge in [0, 0.05) is 18.3 Å². The van der Waals surface area contributed by atoms with E-state index in [0.717, 1.165) is 12.8 Å². The minimum Gasteiger partial charge on any atom is -0.360 e. The monoisotopic (exact) mass is 450 g/mol. The molecule has 0 bridgehead atoms. The van der Waals surface area contributed by atoms with Crippen molar-refractivity contribution in [1.29, 1.82) is 0 Å². The molecule has 0 aliphatic rings. The SMILES string of the molecule is CCCCCCCCCCCNC(=O)Nc1ccc(S(=O)(=O)Nc2cc(C)on2)cc1. The van der Waals surface area contributed by atoms with Crippen LogP contribution in [0.3, 0.4) is 0 Å². The minimum atomic E-state index is -3.78. The van der Waals surface area contributed by atoms with Crippen LogP contribution >= 0.6 is 0 Å². The van der Waals surface area contributed by atoms with Gasteiger partial charge in [0.1, 0.15) is 5.76 Å². The van der Waals surface area contributed by atoms with Gasteiger partial charge in [-0.1, -0.05) is 63.4 Å². The number of nitrogens with one attached hydrogen (secondary N) is 3. The molecule has 2 aromatic rings. The van der Waals surface area contributed by atoms with Crippen molar-refractivity contribution in [2.75, 3.05) is 16.6 Å². The molecule has 1 aromatic heterocycles. The second-order valence-electron chi connectivity index (χ2n) is 7.66. The highest BCUT2D eigenvalue weighted by Crippen LogP contribution is 2.18. The standard InChI is InChI=1S/C22H34N4O4S/c1-3-4-5-6-7-8-9-10-11-16-23-22(27)24-19-12-14-20(15-13-19)31(28,29)26-21-17-18(2)30-25-21/h12-15,17H,3-11,16H2,1-2H3,(H,25,26)(H2,23,24,27). The fraction of sp³-hybridized carbons (Fsp3) is 0.545. The zero-order chi connectivity index (χ0) is 22.5. The molecule has 0 radical (unpaired) electrons. The third kappa shape index (κ3) is 9.42. The average Bonchev–Trinajstić information content (AvgIpc) is 3.13. The second-order valence-corrected chi connectivity index (χ2v) is 9.34. The van der Waals surface area contributed by atoms with Crippen molar-refractivity contribution in [2.45, 2.75) is 76.5 Å². The molecule has 0 saturated heterocycles. The van der Waals surface area contributed by atoms with Crippen LogP contribution in [-0.2, 0) is 10.0 Å². The van der Waals surface area contributed by atoms with Crippen molar-refractivity contribution in [3.05, 3.63) is 36.1 Å². The molecule has 2 amide bonds. The van der Waals surface area contributed by atoms with Gasteiger partial charge in [0.05, 0.1) is 4.90 Å². The molecule has 0 fully saturated rings. The van der Waals surface area contributed by atoms with E-state index in [4.69, 9.17) is 4.52 Å². The maximum Gasteiger partial charge on any atom is 0.319 e. The first-order chi connectivity index (χ1) is 14.9. The summed E-state index contributed by atoms with van der Waals surface area (Å²) in [5, 5.41) is 9.16. The summed E-state index contributed by atoms with van der Waals surface area (Å²) in [6.45, 7) is 4.52. The topological polar surface area (TPSA) is 113 Å². The first kappa shape index (κ1) is 24.7. The number of carbonyl (C=O) groups excluding carboxylic acids is 1. The van der Waals surface area contributed by atoms with E-state index in [1.54, 1.807) is 19.1 Å². The van der Waals surface area contributed by atoms with E-state index in [-0.39, 0.29) is 16.7 Å². The lowest BCUT2D eigenvalue weighted by molar-refractivity contribution is 0.252. The number of hydrogen-bond acceptors (Lipinski definition) is 5. The van der Waals surface area contributed by atoms with Crippen LogP contribution in [0.25, 0.3) is 0 Å². The lowest BCUT2D eigenvalue weighted by atomic mass is 10.1. The van der Waals surface area contributed by atoms with E-state index in [0.29, 0.717) is 18.0 Å². The van der Waals surface area contributed by atoms with Gasteiger partial charge in [-0.05, 0) is 37.6 Å². The van der Waals surface area contributed by atoms with E-state index in [2.05, 4.69) is 27.4 Å². The van der Waals surface area contributed by atoms with Gasteiger partial charge in [0.15, 0.2) is 5.82 Å². The molecule has 0 unspecified atom stereocenters. The molecule has 0 spiro atoms. The van der Waals surface area contributed by atoms with Crippen LogP contribution in [0.2, 0.25) is 0 Å². The van der Waals surface area contributed by atoms with E-state index in [1.165, 1.54) is 63.1 Å². The summed E-state index contributed by atoms with van der Waals surface area (Å²) >= 11 is 0. The lowest BCUT2D eigenvalue weighted by Gasteiger charge is -2.09. The number of nitrogens with zero attached hydrogens (tertiary/aromatic N) is 1. The van der Waals surface area contributed by atoms with Gasteiger partial charge in [0.25, 0.3) is 10.0 Å². The summed E-state index contributed by atoms with van der Waals surface area (Å²) < 4.78 is 31.9. The Morgan fingerprint density at radius 1 is 0.968 bits per heavy atom. The predicted molar refractivity (Wildman–Crippen MR) is 123 cm³/mol. The summed E-state index contributed by atoms with van der Waals surface area (Å²) in [4.78, 5) is 12.1. The van der Waals surface area contributed by atoms with Gasteiger partial charge in [-0.25, -0.2) is 13.2 Å². The summed E-state index contributed by atoms with van der Waals surface area (Å²) in [6.07, 6.45) is 11.1. The maximum atomic E-state index is 12.4. The Morgan fingerprint density at radius 2 is 1.58 bits per heavy atom. The molecule has 0 atom stereocenters. The summed E-state index contributed by atoms with van der Waals surface area (Å²) in [6, 6.07) is 7.12. The fourth-order valence-corrected chi connectivity index (χ4v) is 4.13. The number of anilines is 2. The van der Waals surface area contributed by atoms with Crippen LogP contribution in [0.1, 0.15) is 70.5 Å². The fourth-order valence-electron chi connectivity index (χ4n) is 3.14. The Labute approximate surface area is 185 Å². The van der Waals surface area contributed by atoms with E-state index in [9.17, 15) is 13.2 Å². The molecule has 1 heterocycles. The molecule has 8 nitrogen and oxygen atoms in total. The van der Waals surface area contributed by atoms with Crippen molar-refractivity contribution >= 4 is 27.6 Å². The molecule has 0 aliphatic heterocycles. The second kappa shape index (κ2) is 13.0. The van der Waals surface area contributed by atoms with E-state index in [1.807, 2.05) is 0 Å². The van der Waals surface area contributed by atoms with Crippen molar-refractivity contribution in [3.63, 3.8) is 0 Å².